The molecule has 2 rings (SSSR count). The van der Waals surface area contributed by atoms with Crippen molar-refractivity contribution in [3.63, 3.8) is 0 Å². The largest absolute Gasteiger partial charge is 0.493 e. The highest BCUT2D eigenvalue weighted by Crippen LogP contribution is 2.21. The van der Waals surface area contributed by atoms with E-state index in [2.05, 4.69) is 15.2 Å². The maximum Gasteiger partial charge on any atom is 0.183 e. The van der Waals surface area contributed by atoms with Gasteiger partial charge < -0.3 is 4.74 Å². The number of aromatic amines is 1. The minimum absolute atomic E-state index is 0.0143. The van der Waals surface area contributed by atoms with Gasteiger partial charge in [-0.25, -0.2) is 4.98 Å². The molecule has 0 radical (unpaired) electrons. The van der Waals surface area contributed by atoms with Crippen molar-refractivity contribution in [2.75, 3.05) is 12.4 Å². The Balaban J connectivity index is 2.04. The van der Waals surface area contributed by atoms with Crippen molar-refractivity contribution >= 4 is 17.5 Å². The summed E-state index contributed by atoms with van der Waals surface area (Å²) in [6, 6.07) is 7.25. The number of benzene rings is 1. The molecule has 5 nitrogen and oxygen atoms in total. The second-order valence-electron chi connectivity index (χ2n) is 3.43. The number of nitrogens with zero attached hydrogens (tertiary/aromatic N) is 2. The van der Waals surface area contributed by atoms with Crippen molar-refractivity contribution in [2.24, 2.45) is 0 Å². The fourth-order valence-corrected chi connectivity index (χ4v) is 2.12. The van der Waals surface area contributed by atoms with E-state index in [4.69, 9.17) is 4.74 Å². The van der Waals surface area contributed by atoms with Crippen molar-refractivity contribution in [1.29, 1.82) is 0 Å². The van der Waals surface area contributed by atoms with Crippen molar-refractivity contribution in [3.8, 4) is 5.75 Å². The summed E-state index contributed by atoms with van der Waals surface area (Å²) in [6.45, 7) is 2.43. The maximum atomic E-state index is 12.1. The Kier molecular flexibility index (Phi) is 4.35. The van der Waals surface area contributed by atoms with Crippen LogP contribution in [-0.4, -0.2) is 33.3 Å². The van der Waals surface area contributed by atoms with Gasteiger partial charge in [0.05, 0.1) is 17.9 Å². The van der Waals surface area contributed by atoms with E-state index in [1.165, 1.54) is 18.1 Å². The Morgan fingerprint density at radius 3 is 3.00 bits per heavy atom. The van der Waals surface area contributed by atoms with E-state index in [9.17, 15) is 4.79 Å². The lowest BCUT2D eigenvalue weighted by atomic mass is 10.1. The molecule has 0 saturated carbocycles. The van der Waals surface area contributed by atoms with Crippen molar-refractivity contribution in [3.05, 3.63) is 36.2 Å². The number of aromatic nitrogens is 3. The van der Waals surface area contributed by atoms with Gasteiger partial charge in [-0.1, -0.05) is 23.9 Å². The minimum atomic E-state index is 0.0143. The Labute approximate surface area is 109 Å². The molecule has 0 fully saturated rings. The lowest BCUT2D eigenvalue weighted by Crippen LogP contribution is -2.06. The van der Waals surface area contributed by atoms with E-state index in [1.54, 1.807) is 12.1 Å². The average molecular weight is 263 g/mol. The first-order chi connectivity index (χ1) is 8.81. The van der Waals surface area contributed by atoms with Crippen LogP contribution in [0.15, 0.2) is 35.7 Å². The summed E-state index contributed by atoms with van der Waals surface area (Å²) in [5, 5.41) is 7.07. The van der Waals surface area contributed by atoms with E-state index < -0.39 is 0 Å². The number of Topliss-reactive ketones (excluding diaryl/α,β-unsaturated/α-hetero) is 1. The summed E-state index contributed by atoms with van der Waals surface area (Å²) in [5.41, 5.74) is 0.603. The van der Waals surface area contributed by atoms with Gasteiger partial charge in [-0.15, -0.1) is 0 Å². The first-order valence-electron chi connectivity index (χ1n) is 5.54. The van der Waals surface area contributed by atoms with Crippen LogP contribution in [0.5, 0.6) is 5.75 Å². The normalized spacial score (nSPS) is 10.3. The van der Waals surface area contributed by atoms with Crippen LogP contribution in [0.2, 0.25) is 0 Å². The smallest absolute Gasteiger partial charge is 0.183 e. The molecule has 0 saturated heterocycles. The number of carbonyl (C=O) groups is 1. The molecule has 0 aliphatic heterocycles. The molecule has 0 bridgehead atoms. The molecule has 0 spiro atoms. The second-order valence-corrected chi connectivity index (χ2v) is 4.40. The molecule has 94 valence electrons. The molecule has 2 aromatic rings. The van der Waals surface area contributed by atoms with Gasteiger partial charge >= 0.3 is 0 Å². The molecule has 1 aromatic heterocycles. The third-order valence-corrected chi connectivity index (χ3v) is 3.10. The number of hydrogen-bond donors (Lipinski definition) is 1. The first kappa shape index (κ1) is 12.6. The van der Waals surface area contributed by atoms with Gasteiger partial charge in [0.1, 0.15) is 12.1 Å². The van der Waals surface area contributed by atoms with Crippen molar-refractivity contribution in [1.82, 2.24) is 15.2 Å². The predicted octanol–water partition coefficient (Wildman–Crippen LogP) is 2.18. The molecular weight excluding hydrogens is 250 g/mol. The third-order valence-electron chi connectivity index (χ3n) is 2.22. The van der Waals surface area contributed by atoms with Crippen LogP contribution < -0.4 is 4.74 Å². The van der Waals surface area contributed by atoms with Gasteiger partial charge in [0.2, 0.25) is 0 Å². The molecule has 0 aliphatic carbocycles. The maximum absolute atomic E-state index is 12.1. The molecule has 0 atom stereocenters. The van der Waals surface area contributed by atoms with Crippen molar-refractivity contribution in [2.45, 2.75) is 12.1 Å². The van der Waals surface area contributed by atoms with Crippen LogP contribution in [-0.2, 0) is 0 Å². The fraction of sp³-hybridized carbons (Fsp3) is 0.250. The Morgan fingerprint density at radius 1 is 1.44 bits per heavy atom. The summed E-state index contributed by atoms with van der Waals surface area (Å²) in [6.07, 6.45) is 1.42. The predicted molar refractivity (Wildman–Crippen MR) is 69.0 cm³/mol. The Bertz CT molecular complexity index is 514. The summed E-state index contributed by atoms with van der Waals surface area (Å²) in [4.78, 5) is 16.0. The van der Waals surface area contributed by atoms with E-state index in [-0.39, 0.29) is 5.78 Å². The van der Waals surface area contributed by atoms with E-state index in [0.717, 1.165) is 0 Å². The highest BCUT2D eigenvalue weighted by Gasteiger charge is 2.12. The second kappa shape index (κ2) is 6.20. The average Bonchev–Trinajstić information content (AvgIpc) is 2.90. The molecule has 1 aromatic carbocycles. The van der Waals surface area contributed by atoms with Crippen molar-refractivity contribution < 1.29 is 9.53 Å². The van der Waals surface area contributed by atoms with Crippen LogP contribution in [0.4, 0.5) is 0 Å². The molecule has 0 amide bonds. The van der Waals surface area contributed by atoms with E-state index in [0.29, 0.717) is 28.8 Å². The number of para-hydroxylation sites is 1. The van der Waals surface area contributed by atoms with Crippen LogP contribution in [0, 0.1) is 0 Å². The number of hydrogen-bond acceptors (Lipinski definition) is 5. The Morgan fingerprint density at radius 2 is 2.28 bits per heavy atom. The zero-order chi connectivity index (χ0) is 12.8. The highest BCUT2D eigenvalue weighted by molar-refractivity contribution is 7.99. The number of ether oxygens (including phenoxy) is 1. The van der Waals surface area contributed by atoms with Gasteiger partial charge in [0.25, 0.3) is 0 Å². The number of thioether (sulfide) groups is 1. The number of carbonyl (C=O) groups excluding carboxylic acids is 1. The van der Waals surface area contributed by atoms with Crippen LogP contribution >= 0.6 is 11.8 Å². The van der Waals surface area contributed by atoms with Crippen LogP contribution in [0.1, 0.15) is 17.3 Å². The Hall–Kier alpha value is -1.82. The molecule has 0 unspecified atom stereocenters. The monoisotopic (exact) mass is 263 g/mol. The van der Waals surface area contributed by atoms with Gasteiger partial charge in [-0.05, 0) is 19.1 Å². The molecule has 1 N–H and O–H groups in total. The third kappa shape index (κ3) is 3.10. The molecule has 1 heterocycles. The fourth-order valence-electron chi connectivity index (χ4n) is 1.45. The van der Waals surface area contributed by atoms with E-state index in [1.807, 2.05) is 19.1 Å². The van der Waals surface area contributed by atoms with Gasteiger partial charge in [-0.3, -0.25) is 9.89 Å². The highest BCUT2D eigenvalue weighted by atomic mass is 32.2. The zero-order valence-electron chi connectivity index (χ0n) is 9.92. The minimum Gasteiger partial charge on any atom is -0.493 e. The van der Waals surface area contributed by atoms with Crippen LogP contribution in [0.3, 0.4) is 0 Å². The van der Waals surface area contributed by atoms with Crippen LogP contribution in [0.25, 0.3) is 0 Å². The quantitative estimate of drug-likeness (QED) is 0.639. The molecule has 0 aliphatic rings. The van der Waals surface area contributed by atoms with Gasteiger partial charge in [0, 0.05) is 0 Å². The summed E-state index contributed by atoms with van der Waals surface area (Å²) in [7, 11) is 0. The SMILES string of the molecule is CCOc1ccccc1C(=O)CSc1ncn[nH]1. The van der Waals surface area contributed by atoms with Gasteiger partial charge in [0.15, 0.2) is 10.9 Å². The summed E-state index contributed by atoms with van der Waals surface area (Å²) < 4.78 is 5.43. The number of ketones is 1. The molecular formula is C12H13N3O2S. The number of rotatable bonds is 6. The first-order valence-corrected chi connectivity index (χ1v) is 6.53. The van der Waals surface area contributed by atoms with Gasteiger partial charge in [-0.2, -0.15) is 5.10 Å². The molecule has 18 heavy (non-hydrogen) atoms. The summed E-state index contributed by atoms with van der Waals surface area (Å²) >= 11 is 1.32. The van der Waals surface area contributed by atoms with E-state index >= 15 is 0 Å². The molecule has 6 heteroatoms. The summed E-state index contributed by atoms with van der Waals surface area (Å²) in [5.74, 6) is 0.947. The topological polar surface area (TPSA) is 67.9 Å². The lowest BCUT2D eigenvalue weighted by Gasteiger charge is -2.08. The standard InChI is InChI=1S/C12H13N3O2S/c1-2-17-11-6-4-3-5-9(11)10(16)7-18-12-13-8-14-15-12/h3-6,8H,2,7H2,1H3,(H,13,14,15). The zero-order valence-corrected chi connectivity index (χ0v) is 10.7. The lowest BCUT2D eigenvalue weighted by molar-refractivity contribution is 0.101. The number of H-pyrrole nitrogens is 1. The number of nitrogens with one attached hydrogen (secondary N) is 1.